The van der Waals surface area contributed by atoms with E-state index in [0.717, 1.165) is 59.0 Å². The molecule has 0 atom stereocenters. The van der Waals surface area contributed by atoms with Gasteiger partial charge in [-0.25, -0.2) is 0 Å². The van der Waals surface area contributed by atoms with Gasteiger partial charge in [0.15, 0.2) is 11.8 Å². The van der Waals surface area contributed by atoms with E-state index in [2.05, 4.69) is 25.6 Å². The molecule has 1 aliphatic rings. The number of aromatic amines is 3. The fourth-order valence-corrected chi connectivity index (χ4v) is 4.33. The molecular formula is C18H20N7OS+3. The van der Waals surface area contributed by atoms with Gasteiger partial charge >= 0.3 is 5.65 Å². The van der Waals surface area contributed by atoms with Gasteiger partial charge in [-0.05, 0) is 16.0 Å². The number of nitrogens with two attached hydrogens (primary N) is 1. The molecule has 136 valence electrons. The molecule has 9 heteroatoms. The highest BCUT2D eigenvalue weighted by molar-refractivity contribution is 7.12. The molecule has 5 rings (SSSR count). The fourth-order valence-electron chi connectivity index (χ4n) is 3.45. The molecule has 1 amide bonds. The summed E-state index contributed by atoms with van der Waals surface area (Å²) in [6.45, 7) is 3.60. The van der Waals surface area contributed by atoms with Gasteiger partial charge in [-0.3, -0.25) is 9.89 Å². The number of hydrogen-bond acceptors (Lipinski definition) is 3. The van der Waals surface area contributed by atoms with Crippen LogP contribution in [-0.2, 0) is 0 Å². The lowest BCUT2D eigenvalue weighted by Gasteiger charge is -2.24. The van der Waals surface area contributed by atoms with E-state index in [0.29, 0.717) is 0 Å². The topological polar surface area (TPSA) is 99.6 Å². The first-order valence-corrected chi connectivity index (χ1v) is 9.81. The molecule has 5 heterocycles. The second kappa shape index (κ2) is 6.60. The number of nitrogens with zero attached hydrogens (tertiary/aromatic N) is 3. The first-order valence-electron chi connectivity index (χ1n) is 8.93. The number of piperazine rings is 1. The van der Waals surface area contributed by atoms with E-state index >= 15 is 0 Å². The number of quaternary nitrogens is 1. The highest BCUT2D eigenvalue weighted by Gasteiger charge is 2.25. The summed E-state index contributed by atoms with van der Waals surface area (Å²) in [5.41, 5.74) is 5.07. The Morgan fingerprint density at radius 2 is 2.15 bits per heavy atom. The van der Waals surface area contributed by atoms with Crippen LogP contribution in [0.15, 0.2) is 42.4 Å². The molecule has 1 aliphatic heterocycles. The maximum Gasteiger partial charge on any atom is 0.480 e. The minimum atomic E-state index is 0.137. The first-order chi connectivity index (χ1) is 13.3. The van der Waals surface area contributed by atoms with E-state index in [-0.39, 0.29) is 5.91 Å². The zero-order chi connectivity index (χ0) is 18.2. The van der Waals surface area contributed by atoms with Crippen molar-refractivity contribution < 1.29 is 19.6 Å². The summed E-state index contributed by atoms with van der Waals surface area (Å²) in [5.74, 6) is 0.137. The lowest BCUT2D eigenvalue weighted by Crippen LogP contribution is -2.89. The number of aromatic nitrogens is 5. The van der Waals surface area contributed by atoms with Crippen LogP contribution >= 0.6 is 11.3 Å². The Kier molecular flexibility index (Phi) is 3.95. The third-order valence-electron chi connectivity index (χ3n) is 4.92. The van der Waals surface area contributed by atoms with Crippen molar-refractivity contribution in [1.29, 1.82) is 0 Å². The Morgan fingerprint density at radius 3 is 2.96 bits per heavy atom. The van der Waals surface area contributed by atoms with Crippen LogP contribution in [0.25, 0.3) is 27.9 Å². The van der Waals surface area contributed by atoms with Gasteiger partial charge in [0.25, 0.3) is 5.91 Å². The predicted molar refractivity (Wildman–Crippen MR) is 99.0 cm³/mol. The SMILES string of the molecule is O=C(c1cc(-c2c[nH][n+]3cc(-c4cn[nH]c4)c[nH+]c23)cs1)N1CC[NH2+]CC1. The average Bonchev–Trinajstić information content (AvgIpc) is 3.47. The van der Waals surface area contributed by atoms with Gasteiger partial charge in [0.1, 0.15) is 5.56 Å². The van der Waals surface area contributed by atoms with Crippen molar-refractivity contribution in [2.24, 2.45) is 0 Å². The lowest BCUT2D eigenvalue weighted by atomic mass is 10.1. The number of H-pyrrole nitrogens is 3. The molecule has 4 aromatic heterocycles. The van der Waals surface area contributed by atoms with E-state index in [1.807, 2.05) is 45.6 Å². The summed E-state index contributed by atoms with van der Waals surface area (Å²) in [5, 5.41) is 14.4. The van der Waals surface area contributed by atoms with Crippen LogP contribution in [0.5, 0.6) is 0 Å². The van der Waals surface area contributed by atoms with Crippen molar-refractivity contribution in [2.45, 2.75) is 0 Å². The molecule has 8 nitrogen and oxygen atoms in total. The number of nitrogens with one attached hydrogen (secondary N) is 3. The number of hydrogen-bond donors (Lipinski definition) is 3. The van der Waals surface area contributed by atoms with E-state index < -0.39 is 0 Å². The highest BCUT2D eigenvalue weighted by atomic mass is 32.1. The zero-order valence-corrected chi connectivity index (χ0v) is 15.4. The van der Waals surface area contributed by atoms with Gasteiger partial charge in [0, 0.05) is 17.3 Å². The summed E-state index contributed by atoms with van der Waals surface area (Å²) >= 11 is 1.51. The molecule has 1 fully saturated rings. The van der Waals surface area contributed by atoms with Gasteiger partial charge in [0.05, 0.1) is 43.4 Å². The molecule has 5 N–H and O–H groups in total. The van der Waals surface area contributed by atoms with E-state index in [4.69, 9.17) is 0 Å². The van der Waals surface area contributed by atoms with Crippen LogP contribution in [-0.4, -0.2) is 52.3 Å². The quantitative estimate of drug-likeness (QED) is 0.424. The molecule has 0 bridgehead atoms. The van der Waals surface area contributed by atoms with E-state index in [1.165, 1.54) is 11.3 Å². The lowest BCUT2D eigenvalue weighted by molar-refractivity contribution is -0.661. The van der Waals surface area contributed by atoms with E-state index in [9.17, 15) is 4.79 Å². The first kappa shape index (κ1) is 16.2. The average molecular weight is 382 g/mol. The Labute approximate surface area is 158 Å². The number of rotatable bonds is 3. The minimum Gasteiger partial charge on any atom is -0.343 e. The zero-order valence-electron chi connectivity index (χ0n) is 14.6. The third-order valence-corrected chi connectivity index (χ3v) is 5.84. The van der Waals surface area contributed by atoms with Crippen molar-refractivity contribution in [2.75, 3.05) is 26.2 Å². The molecule has 0 saturated carbocycles. The molecular weight excluding hydrogens is 362 g/mol. The second-order valence-electron chi connectivity index (χ2n) is 6.62. The Morgan fingerprint density at radius 1 is 1.26 bits per heavy atom. The van der Waals surface area contributed by atoms with Gasteiger partial charge in [-0.2, -0.15) is 15.2 Å². The normalized spacial score (nSPS) is 14.7. The molecule has 0 aromatic carbocycles. The van der Waals surface area contributed by atoms with Crippen LogP contribution in [0.3, 0.4) is 0 Å². The molecule has 1 saturated heterocycles. The molecule has 27 heavy (non-hydrogen) atoms. The van der Waals surface area contributed by atoms with Gasteiger partial charge in [-0.15, -0.1) is 11.3 Å². The monoisotopic (exact) mass is 382 g/mol. The predicted octanol–water partition coefficient (Wildman–Crippen LogP) is -0.295. The van der Waals surface area contributed by atoms with E-state index in [1.54, 1.807) is 6.20 Å². The van der Waals surface area contributed by atoms with Crippen LogP contribution < -0.4 is 14.8 Å². The Balaban J connectivity index is 1.45. The minimum absolute atomic E-state index is 0.137. The maximum atomic E-state index is 12.7. The number of carbonyl (C=O) groups is 1. The Hall–Kier alpha value is -3.04. The highest BCUT2D eigenvalue weighted by Crippen LogP contribution is 2.27. The summed E-state index contributed by atoms with van der Waals surface area (Å²) in [4.78, 5) is 18.8. The summed E-state index contributed by atoms with van der Waals surface area (Å²) < 4.78 is 1.94. The van der Waals surface area contributed by atoms with Crippen molar-refractivity contribution in [3.05, 3.63) is 47.3 Å². The largest absolute Gasteiger partial charge is 0.480 e. The molecule has 0 unspecified atom stereocenters. The Bertz CT molecular complexity index is 1090. The summed E-state index contributed by atoms with van der Waals surface area (Å²) in [6, 6.07) is 1.99. The van der Waals surface area contributed by atoms with Crippen LogP contribution in [0.4, 0.5) is 0 Å². The molecule has 4 aromatic rings. The van der Waals surface area contributed by atoms with Crippen molar-refractivity contribution in [3.63, 3.8) is 0 Å². The van der Waals surface area contributed by atoms with Gasteiger partial charge in [-0.1, -0.05) is 0 Å². The summed E-state index contributed by atoms with van der Waals surface area (Å²) in [7, 11) is 0. The number of fused-ring (bicyclic) bond motifs is 1. The molecule has 0 radical (unpaired) electrons. The summed E-state index contributed by atoms with van der Waals surface area (Å²) in [6.07, 6.45) is 9.57. The van der Waals surface area contributed by atoms with Gasteiger partial charge in [0.2, 0.25) is 6.20 Å². The van der Waals surface area contributed by atoms with Crippen LogP contribution in [0.2, 0.25) is 0 Å². The standard InChI is InChI=1S/C18H17N7OS/c26-18(24-3-1-19-2-4-24)16-5-12(11-27-16)15-9-23-25-10-14(6-20-17(15)25)13-7-21-22-8-13/h5-11,19H,1-4H2,(H,21,22)/p+3. The second-order valence-corrected chi connectivity index (χ2v) is 7.53. The molecule has 0 aliphatic carbocycles. The van der Waals surface area contributed by atoms with Crippen LogP contribution in [0.1, 0.15) is 9.67 Å². The third kappa shape index (κ3) is 2.90. The van der Waals surface area contributed by atoms with Crippen molar-refractivity contribution in [3.8, 4) is 22.3 Å². The number of carbonyl (C=O) groups excluding carboxylic acids is 1. The number of amides is 1. The number of thiophene rings is 1. The molecule has 0 spiro atoms. The van der Waals surface area contributed by atoms with Gasteiger partial charge < -0.3 is 10.2 Å². The van der Waals surface area contributed by atoms with Crippen LogP contribution in [0, 0.1) is 0 Å². The van der Waals surface area contributed by atoms with Crippen molar-refractivity contribution in [1.82, 2.24) is 20.2 Å². The smallest absolute Gasteiger partial charge is 0.343 e. The maximum absolute atomic E-state index is 12.7. The van der Waals surface area contributed by atoms with Crippen molar-refractivity contribution >= 4 is 22.9 Å². The fraction of sp³-hybridized carbons (Fsp3) is 0.222.